The summed E-state index contributed by atoms with van der Waals surface area (Å²) < 4.78 is 5.28. The van der Waals surface area contributed by atoms with Gasteiger partial charge >= 0.3 is 0 Å². The van der Waals surface area contributed by atoms with Gasteiger partial charge in [0.2, 0.25) is 0 Å². The molecule has 0 saturated heterocycles. The number of thiocarbonyl (C=S) groups is 1. The molecule has 3 heteroatoms. The Morgan fingerprint density at radius 1 is 1.38 bits per heavy atom. The van der Waals surface area contributed by atoms with E-state index in [9.17, 15) is 0 Å². The second-order valence-corrected chi connectivity index (χ2v) is 5.25. The number of ether oxygens (including phenoxy) is 1. The normalized spacial score (nSPS) is 36.5. The monoisotopic (exact) mass is 218 g/mol. The summed E-state index contributed by atoms with van der Waals surface area (Å²) in [7, 11) is 0. The summed E-state index contributed by atoms with van der Waals surface area (Å²) in [5, 5.41) is 0. The Balaban J connectivity index is 1.68. The molecule has 0 heterocycles. The van der Waals surface area contributed by atoms with E-state index in [2.05, 4.69) is 12.2 Å². The summed E-state index contributed by atoms with van der Waals surface area (Å²) >= 11 is 10.1. The molecule has 0 spiro atoms. The maximum absolute atomic E-state index is 5.45. The lowest BCUT2D eigenvalue weighted by molar-refractivity contribution is 0.234. The number of fused-ring (bicyclic) bond motifs is 2. The molecule has 0 aliphatic heterocycles. The number of hydrogen-bond donors (Lipinski definition) is 0. The molecule has 2 aliphatic carbocycles. The van der Waals surface area contributed by atoms with Gasteiger partial charge in [-0.2, -0.15) is 0 Å². The third-order valence-electron chi connectivity index (χ3n) is 3.59. The topological polar surface area (TPSA) is 9.23 Å². The SMILES string of the molecule is S=C(Cl)OCCC1CC2CCC1C2. The smallest absolute Gasteiger partial charge is 0.255 e. The Hall–Kier alpha value is 0.180. The van der Waals surface area contributed by atoms with E-state index in [0.717, 1.165) is 30.8 Å². The summed E-state index contributed by atoms with van der Waals surface area (Å²) in [6.07, 6.45) is 6.95. The molecule has 2 saturated carbocycles. The van der Waals surface area contributed by atoms with E-state index >= 15 is 0 Å². The van der Waals surface area contributed by atoms with Gasteiger partial charge in [0.05, 0.1) is 6.61 Å². The van der Waals surface area contributed by atoms with Crippen molar-refractivity contribution in [1.82, 2.24) is 0 Å². The highest BCUT2D eigenvalue weighted by Crippen LogP contribution is 2.49. The van der Waals surface area contributed by atoms with Crippen molar-refractivity contribution in [3.05, 3.63) is 0 Å². The van der Waals surface area contributed by atoms with Crippen molar-refractivity contribution < 1.29 is 4.74 Å². The zero-order chi connectivity index (χ0) is 9.26. The Bertz CT molecular complexity index is 207. The third kappa shape index (κ3) is 2.35. The molecule has 0 aromatic rings. The fourth-order valence-corrected chi connectivity index (χ4v) is 3.18. The van der Waals surface area contributed by atoms with E-state index in [1.54, 1.807) is 0 Å². The Morgan fingerprint density at radius 2 is 2.23 bits per heavy atom. The fourth-order valence-electron chi connectivity index (χ4n) is 3.02. The highest BCUT2D eigenvalue weighted by atomic mass is 35.5. The molecule has 0 amide bonds. The van der Waals surface area contributed by atoms with Crippen molar-refractivity contribution in [2.45, 2.75) is 32.1 Å². The first kappa shape index (κ1) is 9.72. The third-order valence-corrected chi connectivity index (χ3v) is 3.82. The van der Waals surface area contributed by atoms with Crippen molar-refractivity contribution in [2.24, 2.45) is 17.8 Å². The molecule has 3 unspecified atom stereocenters. The summed E-state index contributed by atoms with van der Waals surface area (Å²) in [4.78, 5) is 0. The average Bonchev–Trinajstić information content (AvgIpc) is 2.64. The molecule has 2 fully saturated rings. The van der Waals surface area contributed by atoms with Crippen molar-refractivity contribution in [3.63, 3.8) is 0 Å². The zero-order valence-corrected chi connectivity index (χ0v) is 9.24. The van der Waals surface area contributed by atoms with E-state index < -0.39 is 0 Å². The highest BCUT2D eigenvalue weighted by molar-refractivity contribution is 7.82. The van der Waals surface area contributed by atoms with Gasteiger partial charge in [-0.3, -0.25) is 0 Å². The van der Waals surface area contributed by atoms with Crippen LogP contribution in [0.1, 0.15) is 32.1 Å². The average molecular weight is 219 g/mol. The predicted octanol–water partition coefficient (Wildman–Crippen LogP) is 3.35. The molecule has 74 valence electrons. The van der Waals surface area contributed by atoms with Gasteiger partial charge in [-0.1, -0.05) is 6.42 Å². The van der Waals surface area contributed by atoms with Crippen LogP contribution in [-0.4, -0.2) is 11.1 Å². The minimum absolute atomic E-state index is 0.170. The van der Waals surface area contributed by atoms with E-state index in [1.807, 2.05) is 0 Å². The van der Waals surface area contributed by atoms with Crippen molar-refractivity contribution in [3.8, 4) is 0 Å². The van der Waals surface area contributed by atoms with Gasteiger partial charge in [-0.15, -0.1) is 0 Å². The van der Waals surface area contributed by atoms with Gasteiger partial charge < -0.3 is 4.74 Å². The fraction of sp³-hybridized carbons (Fsp3) is 0.900. The molecular weight excluding hydrogens is 204 g/mol. The zero-order valence-electron chi connectivity index (χ0n) is 7.67. The van der Waals surface area contributed by atoms with E-state index in [-0.39, 0.29) is 4.51 Å². The molecule has 2 bridgehead atoms. The second kappa shape index (κ2) is 4.14. The summed E-state index contributed by atoms with van der Waals surface area (Å²) in [6.45, 7) is 0.718. The lowest BCUT2D eigenvalue weighted by Gasteiger charge is -2.20. The maximum atomic E-state index is 5.45. The molecule has 0 aromatic heterocycles. The Morgan fingerprint density at radius 3 is 2.77 bits per heavy atom. The standard InChI is InChI=1S/C10H15ClOS/c11-10(13)12-4-3-9-6-7-1-2-8(9)5-7/h7-9H,1-6H2. The van der Waals surface area contributed by atoms with Gasteiger partial charge in [-0.25, -0.2) is 0 Å². The van der Waals surface area contributed by atoms with Crippen molar-refractivity contribution >= 4 is 28.3 Å². The molecule has 1 nitrogen and oxygen atoms in total. The van der Waals surface area contributed by atoms with Gasteiger partial charge in [0, 0.05) is 0 Å². The first-order valence-electron chi connectivity index (χ1n) is 5.08. The molecule has 13 heavy (non-hydrogen) atoms. The van der Waals surface area contributed by atoms with E-state index in [4.69, 9.17) is 16.3 Å². The number of rotatable bonds is 3. The van der Waals surface area contributed by atoms with Crippen LogP contribution in [0.4, 0.5) is 0 Å². The van der Waals surface area contributed by atoms with Crippen LogP contribution >= 0.6 is 23.8 Å². The summed E-state index contributed by atoms with van der Waals surface area (Å²) in [5.41, 5.74) is 0. The largest absolute Gasteiger partial charge is 0.475 e. The quantitative estimate of drug-likeness (QED) is 0.531. The summed E-state index contributed by atoms with van der Waals surface area (Å²) in [5.74, 6) is 2.90. The van der Waals surface area contributed by atoms with Crippen LogP contribution in [0.15, 0.2) is 0 Å². The molecule has 0 N–H and O–H groups in total. The van der Waals surface area contributed by atoms with Gasteiger partial charge in [-0.05, 0) is 67.3 Å². The van der Waals surface area contributed by atoms with Crippen LogP contribution in [0.25, 0.3) is 0 Å². The highest BCUT2D eigenvalue weighted by Gasteiger charge is 2.38. The summed E-state index contributed by atoms with van der Waals surface area (Å²) in [6, 6.07) is 0. The minimum atomic E-state index is 0.170. The molecule has 2 aliphatic rings. The Labute approximate surface area is 89.8 Å². The molecule has 0 aromatic carbocycles. The first-order chi connectivity index (χ1) is 6.25. The van der Waals surface area contributed by atoms with Crippen LogP contribution in [0, 0.1) is 17.8 Å². The molecular formula is C10H15ClOS. The van der Waals surface area contributed by atoms with Gasteiger partial charge in [0.25, 0.3) is 4.51 Å². The minimum Gasteiger partial charge on any atom is -0.475 e. The first-order valence-corrected chi connectivity index (χ1v) is 5.86. The van der Waals surface area contributed by atoms with Crippen molar-refractivity contribution in [1.29, 1.82) is 0 Å². The molecule has 3 atom stereocenters. The van der Waals surface area contributed by atoms with Crippen LogP contribution in [0.3, 0.4) is 0 Å². The van der Waals surface area contributed by atoms with Crippen LogP contribution in [0.2, 0.25) is 0 Å². The van der Waals surface area contributed by atoms with Crippen molar-refractivity contribution in [2.75, 3.05) is 6.61 Å². The van der Waals surface area contributed by atoms with Crippen LogP contribution in [-0.2, 0) is 4.74 Å². The predicted molar refractivity (Wildman–Crippen MR) is 58.0 cm³/mol. The van der Waals surface area contributed by atoms with Gasteiger partial charge in [0.15, 0.2) is 0 Å². The van der Waals surface area contributed by atoms with Gasteiger partial charge in [0.1, 0.15) is 0 Å². The number of hydrogen-bond acceptors (Lipinski definition) is 2. The second-order valence-electron chi connectivity index (χ2n) is 4.31. The molecule has 2 rings (SSSR count). The van der Waals surface area contributed by atoms with E-state index in [0.29, 0.717) is 0 Å². The van der Waals surface area contributed by atoms with Crippen LogP contribution in [0.5, 0.6) is 0 Å². The lowest BCUT2D eigenvalue weighted by atomic mass is 9.87. The van der Waals surface area contributed by atoms with Crippen LogP contribution < -0.4 is 0 Å². The van der Waals surface area contributed by atoms with E-state index in [1.165, 1.54) is 25.7 Å². The number of halogens is 1. The lowest BCUT2D eigenvalue weighted by Crippen LogP contribution is -2.13. The Kier molecular flexibility index (Phi) is 3.10. The maximum Gasteiger partial charge on any atom is 0.255 e. The molecule has 0 radical (unpaired) electrons.